The highest BCUT2D eigenvalue weighted by molar-refractivity contribution is 8.01. The number of nitrogens with two attached hydrogens (primary N) is 1. The molecule has 15 nitrogen and oxygen atoms in total. The van der Waals surface area contributed by atoms with Crippen molar-refractivity contribution in [3.8, 4) is 0 Å². The number of hydrogen-bond donors (Lipinski definition) is 8. The molecule has 16 heteroatoms. The molecule has 0 unspecified atom stereocenters. The number of aromatic nitrogens is 1. The SMILES string of the molecule is CCC1([C@@]2(SC[C@H](NC(=O)CC[C@@](N)(O)C(=O)O)C(=O)N[C@@H](O)C(=O)O)CC[C@@H]3CC(Cc4ccncc4)=C(CCCO)[C@@H]4C(=O)OC2=C34)CCCC1. The topological polar surface area (TPSA) is 259 Å². The standard InChI is InChI=1S/C37H50N4O11S/c1-2-35(11-3-4-12-35)36(53-20-25(30(44)41-31(45)32(46)47)40-26(43)8-14-37(38,51)34(49)50)13-7-22-19-23(18-21-9-15-39-16-10-21)24(6-5-17-42)28-27(22)29(36)52-33(28)48/h9-10,15-16,22,25,28,31,42,45,51H,2-8,11-14,17-20,38H2,1H3,(H,40,43)(H,41,44)(H,46,47)(H,49,50)/t22-,25+,28+,31+,36-,37-/m1/s1. The Hall–Kier alpha value is -3.83. The Morgan fingerprint density at radius 3 is 2.45 bits per heavy atom. The second-order valence-electron chi connectivity index (χ2n) is 14.6. The summed E-state index contributed by atoms with van der Waals surface area (Å²) in [7, 11) is 0. The van der Waals surface area contributed by atoms with Gasteiger partial charge in [-0.25, -0.2) is 9.59 Å². The largest absolute Gasteiger partial charge is 0.478 e. The molecular weight excluding hydrogens is 708 g/mol. The number of aliphatic hydroxyl groups is 3. The fraction of sp³-hybridized carbons (Fsp3) is 0.622. The third-order valence-electron chi connectivity index (χ3n) is 11.6. The van der Waals surface area contributed by atoms with Crippen molar-refractivity contribution in [1.29, 1.82) is 0 Å². The van der Waals surface area contributed by atoms with Gasteiger partial charge in [0.2, 0.25) is 23.8 Å². The molecule has 9 N–H and O–H groups in total. The predicted octanol–water partition coefficient (Wildman–Crippen LogP) is 1.89. The Kier molecular flexibility index (Phi) is 12.7. The molecule has 0 spiro atoms. The Labute approximate surface area is 311 Å². The van der Waals surface area contributed by atoms with Gasteiger partial charge < -0.3 is 40.9 Å². The number of esters is 1. The molecule has 5 rings (SSSR count). The zero-order valence-electron chi connectivity index (χ0n) is 29.8. The number of thioether (sulfide) groups is 1. The number of amides is 2. The van der Waals surface area contributed by atoms with Crippen LogP contribution in [0, 0.1) is 17.3 Å². The number of allylic oxidation sites excluding steroid dienone is 1. The Balaban J connectivity index is 1.53. The molecule has 1 aromatic rings. The van der Waals surface area contributed by atoms with E-state index >= 15 is 0 Å². The number of carbonyl (C=O) groups is 5. The van der Waals surface area contributed by atoms with Crippen LogP contribution in [0.5, 0.6) is 0 Å². The summed E-state index contributed by atoms with van der Waals surface area (Å²) in [4.78, 5) is 67.5. The number of rotatable bonds is 18. The monoisotopic (exact) mass is 758 g/mol. The van der Waals surface area contributed by atoms with E-state index in [1.165, 1.54) is 11.8 Å². The molecule has 0 aromatic carbocycles. The maximum atomic E-state index is 14.1. The summed E-state index contributed by atoms with van der Waals surface area (Å²) >= 11 is 1.38. The molecule has 0 bridgehead atoms. The van der Waals surface area contributed by atoms with Crippen LogP contribution in [0.1, 0.15) is 89.5 Å². The Bertz CT molecular complexity index is 1640. The van der Waals surface area contributed by atoms with Crippen molar-refractivity contribution in [2.75, 3.05) is 12.4 Å². The average molecular weight is 759 g/mol. The number of carbonyl (C=O) groups excluding carboxylic acids is 3. The lowest BCUT2D eigenvalue weighted by Gasteiger charge is -2.52. The molecule has 4 aliphatic rings. The molecule has 1 aromatic heterocycles. The molecule has 3 aliphatic carbocycles. The second-order valence-corrected chi connectivity index (χ2v) is 16.0. The van der Waals surface area contributed by atoms with Crippen molar-refractivity contribution in [3.05, 3.63) is 52.6 Å². The number of ether oxygens (including phenoxy) is 1. The van der Waals surface area contributed by atoms with Crippen LogP contribution in [0.2, 0.25) is 0 Å². The van der Waals surface area contributed by atoms with Crippen LogP contribution in [-0.2, 0) is 35.1 Å². The number of nitrogens with one attached hydrogen (secondary N) is 2. The van der Waals surface area contributed by atoms with E-state index < -0.39 is 65.3 Å². The van der Waals surface area contributed by atoms with E-state index in [-0.39, 0.29) is 29.7 Å². The summed E-state index contributed by atoms with van der Waals surface area (Å²) in [6.45, 7) is 2.07. The molecule has 290 valence electrons. The first-order chi connectivity index (χ1) is 25.2. The average Bonchev–Trinajstić information content (AvgIpc) is 3.76. The van der Waals surface area contributed by atoms with Crippen LogP contribution >= 0.6 is 11.8 Å². The summed E-state index contributed by atoms with van der Waals surface area (Å²) < 4.78 is 5.62. The number of aliphatic carboxylic acids is 2. The van der Waals surface area contributed by atoms with Gasteiger partial charge in [0.1, 0.15) is 17.7 Å². The lowest BCUT2D eigenvalue weighted by atomic mass is 9.60. The minimum atomic E-state index is -2.69. The molecule has 2 amide bonds. The minimum Gasteiger partial charge on any atom is -0.478 e. The zero-order valence-corrected chi connectivity index (χ0v) is 30.7. The number of pyridine rings is 1. The maximum absolute atomic E-state index is 14.1. The molecule has 0 radical (unpaired) electrons. The predicted molar refractivity (Wildman–Crippen MR) is 191 cm³/mol. The molecule has 0 saturated heterocycles. The van der Waals surface area contributed by atoms with Crippen LogP contribution in [0.15, 0.2) is 47.0 Å². The highest BCUT2D eigenvalue weighted by Gasteiger charge is 2.62. The maximum Gasteiger partial charge on any atom is 0.353 e. The fourth-order valence-electron chi connectivity index (χ4n) is 8.83. The van der Waals surface area contributed by atoms with Crippen LogP contribution < -0.4 is 16.4 Å². The third kappa shape index (κ3) is 8.31. The molecular formula is C37H50N4O11S. The van der Waals surface area contributed by atoms with Gasteiger partial charge in [-0.2, -0.15) is 0 Å². The molecule has 6 atom stereocenters. The number of nitrogens with zero attached hydrogens (tertiary/aromatic N) is 1. The first-order valence-corrected chi connectivity index (χ1v) is 19.2. The summed E-state index contributed by atoms with van der Waals surface area (Å²) in [5, 5.41) is 52.7. The molecule has 53 heavy (non-hydrogen) atoms. The Morgan fingerprint density at radius 1 is 1.13 bits per heavy atom. The first kappa shape index (κ1) is 40.4. The van der Waals surface area contributed by atoms with Crippen molar-refractivity contribution in [1.82, 2.24) is 15.6 Å². The van der Waals surface area contributed by atoms with E-state index in [0.29, 0.717) is 31.4 Å². The summed E-state index contributed by atoms with van der Waals surface area (Å²) in [6, 6.07) is 2.51. The van der Waals surface area contributed by atoms with Gasteiger partial charge in [0.25, 0.3) is 0 Å². The van der Waals surface area contributed by atoms with E-state index in [0.717, 1.165) is 67.2 Å². The van der Waals surface area contributed by atoms with Gasteiger partial charge in [0.05, 0.1) is 4.75 Å². The number of carboxylic acids is 2. The second kappa shape index (κ2) is 16.7. The molecule has 1 aliphatic heterocycles. The van der Waals surface area contributed by atoms with E-state index in [2.05, 4.69) is 17.2 Å². The summed E-state index contributed by atoms with van der Waals surface area (Å²) in [5.41, 5.74) is 6.50. The quantitative estimate of drug-likeness (QED) is 0.0605. The van der Waals surface area contributed by atoms with Gasteiger partial charge in [-0.1, -0.05) is 30.9 Å². The van der Waals surface area contributed by atoms with Crippen LogP contribution in [-0.4, -0.2) is 95.3 Å². The normalized spacial score (nSPS) is 25.6. The van der Waals surface area contributed by atoms with E-state index in [4.69, 9.17) is 15.6 Å². The van der Waals surface area contributed by atoms with Crippen molar-refractivity contribution in [2.45, 2.75) is 113 Å². The molecule has 2 heterocycles. The number of aliphatic hydroxyl groups excluding tert-OH is 2. The van der Waals surface area contributed by atoms with Crippen LogP contribution in [0.4, 0.5) is 0 Å². The fourth-order valence-corrected chi connectivity index (χ4v) is 10.7. The van der Waals surface area contributed by atoms with E-state index in [9.17, 15) is 44.4 Å². The van der Waals surface area contributed by atoms with Gasteiger partial charge >= 0.3 is 17.9 Å². The molecule has 1 fully saturated rings. The Morgan fingerprint density at radius 2 is 1.83 bits per heavy atom. The lowest BCUT2D eigenvalue weighted by Crippen LogP contribution is -2.55. The smallest absolute Gasteiger partial charge is 0.353 e. The highest BCUT2D eigenvalue weighted by Crippen LogP contribution is 2.66. The van der Waals surface area contributed by atoms with E-state index in [1.54, 1.807) is 12.4 Å². The zero-order chi connectivity index (χ0) is 38.6. The lowest BCUT2D eigenvalue weighted by molar-refractivity contribution is -0.159. The van der Waals surface area contributed by atoms with Crippen molar-refractivity contribution in [2.24, 2.45) is 23.0 Å². The summed E-state index contributed by atoms with van der Waals surface area (Å²) in [6.07, 6.45) is 8.05. The van der Waals surface area contributed by atoms with Crippen molar-refractivity contribution < 1.29 is 54.2 Å². The van der Waals surface area contributed by atoms with Gasteiger partial charge in [-0.3, -0.25) is 25.1 Å². The number of hydrogen-bond acceptors (Lipinski definition) is 12. The van der Waals surface area contributed by atoms with Gasteiger partial charge in [0.15, 0.2) is 0 Å². The number of carboxylic acid groups (broad SMARTS) is 2. The first-order valence-electron chi connectivity index (χ1n) is 18.2. The third-order valence-corrected chi connectivity index (χ3v) is 13.4. The van der Waals surface area contributed by atoms with Gasteiger partial charge in [0, 0.05) is 37.6 Å². The van der Waals surface area contributed by atoms with Crippen molar-refractivity contribution in [3.63, 3.8) is 0 Å². The minimum absolute atomic E-state index is 0.0332. The van der Waals surface area contributed by atoms with Crippen LogP contribution in [0.3, 0.4) is 0 Å². The summed E-state index contributed by atoms with van der Waals surface area (Å²) in [5.74, 6) is -5.70. The van der Waals surface area contributed by atoms with Crippen LogP contribution in [0.25, 0.3) is 0 Å². The molecule has 1 saturated carbocycles. The van der Waals surface area contributed by atoms with Gasteiger partial charge in [-0.15, -0.1) is 11.8 Å². The van der Waals surface area contributed by atoms with Crippen molar-refractivity contribution >= 4 is 41.5 Å². The highest BCUT2D eigenvalue weighted by atomic mass is 32.2. The van der Waals surface area contributed by atoms with E-state index in [1.807, 2.05) is 17.4 Å². The van der Waals surface area contributed by atoms with Gasteiger partial charge in [-0.05, 0) is 92.4 Å².